The Morgan fingerprint density at radius 2 is 1.83 bits per heavy atom. The topological polar surface area (TPSA) is 46.8 Å². The number of fused-ring (bicyclic) bond motifs is 2. The smallest absolute Gasteiger partial charge is 0.336 e. The van der Waals surface area contributed by atoms with Crippen molar-refractivity contribution >= 4 is 11.0 Å². The Labute approximate surface area is 141 Å². The van der Waals surface area contributed by atoms with E-state index in [4.69, 9.17) is 4.42 Å². The lowest BCUT2D eigenvalue weighted by Gasteiger charge is -2.12. The average Bonchev–Trinajstić information content (AvgIpc) is 3.05. The molecule has 2 N–H and O–H groups in total. The van der Waals surface area contributed by atoms with E-state index in [2.05, 4.69) is 48.6 Å². The zero-order valence-electron chi connectivity index (χ0n) is 13.9. The Kier molecular flexibility index (Phi) is 3.95. The summed E-state index contributed by atoms with van der Waals surface area (Å²) >= 11 is 0. The number of aryl methyl sites for hydroxylation is 2. The van der Waals surface area contributed by atoms with Crippen molar-refractivity contribution in [3.05, 3.63) is 81.2 Å². The molecule has 3 aromatic rings. The van der Waals surface area contributed by atoms with Crippen LogP contribution < -0.4 is 10.9 Å². The SMILES string of the molecule is C[C@H]([NH2+]Cc1cc(=O)oc2cc3c(cc12)CCC3)c1ccccc1. The van der Waals surface area contributed by atoms with Gasteiger partial charge in [-0.3, -0.25) is 0 Å². The lowest BCUT2D eigenvalue weighted by molar-refractivity contribution is -0.707. The predicted molar refractivity (Wildman–Crippen MR) is 95.0 cm³/mol. The number of hydrogen-bond acceptors (Lipinski definition) is 2. The van der Waals surface area contributed by atoms with Crippen molar-refractivity contribution in [2.75, 3.05) is 0 Å². The first kappa shape index (κ1) is 15.2. The molecule has 1 heterocycles. The highest BCUT2D eigenvalue weighted by Crippen LogP contribution is 2.28. The summed E-state index contributed by atoms with van der Waals surface area (Å²) in [7, 11) is 0. The first-order valence-electron chi connectivity index (χ1n) is 8.67. The van der Waals surface area contributed by atoms with Crippen LogP contribution in [-0.4, -0.2) is 0 Å². The summed E-state index contributed by atoms with van der Waals surface area (Å²) < 4.78 is 5.45. The summed E-state index contributed by atoms with van der Waals surface area (Å²) in [6, 6.07) is 16.8. The van der Waals surface area contributed by atoms with Gasteiger partial charge in [-0.15, -0.1) is 0 Å². The standard InChI is InChI=1S/C21H21NO2/c1-14(15-6-3-2-4-7-15)22-13-18-12-21(23)24-20-11-17-9-5-8-16(17)10-19(18)20/h2-4,6-7,10-12,14,22H,5,8-9,13H2,1H3/p+1/t14-/m0/s1. The molecule has 0 amide bonds. The van der Waals surface area contributed by atoms with Crippen LogP contribution >= 0.6 is 0 Å². The van der Waals surface area contributed by atoms with E-state index in [-0.39, 0.29) is 5.63 Å². The van der Waals surface area contributed by atoms with Crippen LogP contribution in [0, 0.1) is 0 Å². The van der Waals surface area contributed by atoms with Gasteiger partial charge in [-0.2, -0.15) is 0 Å². The lowest BCUT2D eigenvalue weighted by atomic mass is 10.0. The maximum absolute atomic E-state index is 11.9. The zero-order chi connectivity index (χ0) is 16.5. The number of nitrogens with two attached hydrogens (primary N) is 1. The first-order valence-corrected chi connectivity index (χ1v) is 8.67. The molecule has 1 aliphatic rings. The fourth-order valence-electron chi connectivity index (χ4n) is 3.66. The van der Waals surface area contributed by atoms with E-state index < -0.39 is 0 Å². The van der Waals surface area contributed by atoms with Gasteiger partial charge >= 0.3 is 5.63 Å². The third kappa shape index (κ3) is 2.87. The normalized spacial score (nSPS) is 14.7. The van der Waals surface area contributed by atoms with Crippen LogP contribution in [0.5, 0.6) is 0 Å². The van der Waals surface area contributed by atoms with Crippen LogP contribution in [0.4, 0.5) is 0 Å². The van der Waals surface area contributed by atoms with E-state index >= 15 is 0 Å². The van der Waals surface area contributed by atoms with Crippen molar-refractivity contribution < 1.29 is 9.73 Å². The van der Waals surface area contributed by atoms with Gasteiger partial charge in [-0.05, 0) is 49.4 Å². The second-order valence-electron chi connectivity index (χ2n) is 6.70. The summed E-state index contributed by atoms with van der Waals surface area (Å²) in [6.07, 6.45) is 3.42. The fourth-order valence-corrected chi connectivity index (χ4v) is 3.66. The van der Waals surface area contributed by atoms with Crippen LogP contribution in [0.25, 0.3) is 11.0 Å². The maximum atomic E-state index is 11.9. The van der Waals surface area contributed by atoms with Crippen LogP contribution in [0.1, 0.15) is 41.6 Å². The summed E-state index contributed by atoms with van der Waals surface area (Å²) in [4.78, 5) is 11.9. The van der Waals surface area contributed by atoms with Crippen LogP contribution in [0.3, 0.4) is 0 Å². The van der Waals surface area contributed by atoms with Crippen LogP contribution in [0.2, 0.25) is 0 Å². The molecule has 0 fully saturated rings. The molecule has 0 radical (unpaired) electrons. The molecule has 3 nitrogen and oxygen atoms in total. The molecule has 2 aromatic carbocycles. The summed E-state index contributed by atoms with van der Waals surface area (Å²) in [6.45, 7) is 2.97. The van der Waals surface area contributed by atoms with E-state index in [1.54, 1.807) is 6.07 Å². The van der Waals surface area contributed by atoms with Crippen molar-refractivity contribution in [3.63, 3.8) is 0 Å². The summed E-state index contributed by atoms with van der Waals surface area (Å²) in [5.74, 6) is 0. The highest BCUT2D eigenvalue weighted by atomic mass is 16.4. The Bertz CT molecular complexity index is 928. The molecule has 0 spiro atoms. The van der Waals surface area contributed by atoms with Crippen LogP contribution in [-0.2, 0) is 19.4 Å². The first-order chi connectivity index (χ1) is 11.7. The fraction of sp³-hybridized carbons (Fsp3) is 0.286. The van der Waals surface area contributed by atoms with Gasteiger partial charge in [0.1, 0.15) is 18.2 Å². The number of benzene rings is 2. The molecule has 3 heteroatoms. The average molecular weight is 320 g/mol. The van der Waals surface area contributed by atoms with Gasteiger partial charge in [-0.1, -0.05) is 30.3 Å². The summed E-state index contributed by atoms with van der Waals surface area (Å²) in [5, 5.41) is 3.36. The number of quaternary nitrogens is 1. The largest absolute Gasteiger partial charge is 0.423 e. The van der Waals surface area contributed by atoms with Gasteiger partial charge < -0.3 is 9.73 Å². The minimum atomic E-state index is -0.254. The van der Waals surface area contributed by atoms with Crippen molar-refractivity contribution in [2.45, 2.75) is 38.8 Å². The van der Waals surface area contributed by atoms with Crippen molar-refractivity contribution in [3.8, 4) is 0 Å². The van der Waals surface area contributed by atoms with E-state index in [0.29, 0.717) is 6.04 Å². The molecule has 4 rings (SSSR count). The van der Waals surface area contributed by atoms with Gasteiger partial charge in [0, 0.05) is 22.6 Å². The van der Waals surface area contributed by atoms with Gasteiger partial charge in [0.25, 0.3) is 0 Å². The Morgan fingerprint density at radius 1 is 1.08 bits per heavy atom. The van der Waals surface area contributed by atoms with Gasteiger partial charge in [-0.25, -0.2) is 4.79 Å². The third-order valence-corrected chi connectivity index (χ3v) is 5.06. The Balaban J connectivity index is 1.65. The molecule has 1 atom stereocenters. The maximum Gasteiger partial charge on any atom is 0.336 e. The van der Waals surface area contributed by atoms with E-state index in [1.807, 2.05) is 6.07 Å². The van der Waals surface area contributed by atoms with Gasteiger partial charge in [0.2, 0.25) is 0 Å². The molecule has 0 saturated heterocycles. The third-order valence-electron chi connectivity index (χ3n) is 5.06. The molecule has 0 saturated carbocycles. The Morgan fingerprint density at radius 3 is 2.62 bits per heavy atom. The van der Waals surface area contributed by atoms with Gasteiger partial charge in [0.05, 0.1) is 0 Å². The number of hydrogen-bond donors (Lipinski definition) is 1. The predicted octanol–water partition coefficient (Wildman–Crippen LogP) is 3.11. The van der Waals surface area contributed by atoms with E-state index in [9.17, 15) is 4.79 Å². The molecule has 122 valence electrons. The molecule has 0 aliphatic heterocycles. The zero-order valence-corrected chi connectivity index (χ0v) is 13.9. The molecular weight excluding hydrogens is 298 g/mol. The minimum absolute atomic E-state index is 0.254. The Hall–Kier alpha value is -2.39. The van der Waals surface area contributed by atoms with E-state index in [1.165, 1.54) is 23.1 Å². The molecule has 1 aliphatic carbocycles. The lowest BCUT2D eigenvalue weighted by Crippen LogP contribution is -2.83. The molecule has 1 aromatic heterocycles. The quantitative estimate of drug-likeness (QED) is 0.751. The molecule has 24 heavy (non-hydrogen) atoms. The highest BCUT2D eigenvalue weighted by molar-refractivity contribution is 5.82. The van der Waals surface area contributed by atoms with Crippen LogP contribution in [0.15, 0.2) is 57.7 Å². The second-order valence-corrected chi connectivity index (χ2v) is 6.70. The molecule has 0 unspecified atom stereocenters. The van der Waals surface area contributed by atoms with Crippen molar-refractivity contribution in [1.29, 1.82) is 0 Å². The minimum Gasteiger partial charge on any atom is -0.423 e. The molecular formula is C21H22NO2+. The number of rotatable bonds is 4. The molecule has 0 bridgehead atoms. The second kappa shape index (κ2) is 6.25. The van der Waals surface area contributed by atoms with Crippen molar-refractivity contribution in [1.82, 2.24) is 0 Å². The van der Waals surface area contributed by atoms with Gasteiger partial charge in [0.15, 0.2) is 0 Å². The highest BCUT2D eigenvalue weighted by Gasteiger charge is 2.16. The monoisotopic (exact) mass is 320 g/mol. The van der Waals surface area contributed by atoms with E-state index in [0.717, 1.165) is 35.9 Å². The summed E-state index contributed by atoms with van der Waals surface area (Å²) in [5.41, 5.74) is 5.60. The van der Waals surface area contributed by atoms with Crippen molar-refractivity contribution in [2.24, 2.45) is 0 Å².